The summed E-state index contributed by atoms with van der Waals surface area (Å²) in [6.07, 6.45) is 0.639. The van der Waals surface area contributed by atoms with Gasteiger partial charge in [-0.05, 0) is 34.5 Å². The molecule has 1 fully saturated rings. The molecule has 1 aromatic carbocycles. The minimum Gasteiger partial charge on any atom is -0.399 e. The van der Waals surface area contributed by atoms with Gasteiger partial charge in [-0.15, -0.1) is 0 Å². The molecule has 0 aromatic heterocycles. The van der Waals surface area contributed by atoms with Crippen LogP contribution in [0.2, 0.25) is 0 Å². The van der Waals surface area contributed by atoms with Gasteiger partial charge in [-0.2, -0.15) is 0 Å². The Bertz CT molecular complexity index is 681. The van der Waals surface area contributed by atoms with Crippen molar-refractivity contribution in [1.82, 2.24) is 9.62 Å². The van der Waals surface area contributed by atoms with E-state index < -0.39 is 26.8 Å². The molecule has 9 heteroatoms. The highest BCUT2D eigenvalue weighted by atomic mass is 79.9. The number of likely N-dealkylation sites (N-methyl/N-ethyl adjacent to an activating group) is 1. The van der Waals surface area contributed by atoms with E-state index in [0.717, 1.165) is 6.07 Å². The van der Waals surface area contributed by atoms with Crippen molar-refractivity contribution in [2.75, 3.05) is 19.3 Å². The average Bonchev–Trinajstić information content (AvgIpc) is 2.37. The van der Waals surface area contributed by atoms with Crippen molar-refractivity contribution in [2.24, 2.45) is 0 Å². The van der Waals surface area contributed by atoms with Gasteiger partial charge in [0, 0.05) is 31.7 Å². The molecule has 21 heavy (non-hydrogen) atoms. The molecular formula is C12H15BrFN3O3S. The topological polar surface area (TPSA) is 92.5 Å². The molecule has 0 bridgehead atoms. The summed E-state index contributed by atoms with van der Waals surface area (Å²) in [6, 6.07) is 1.92. The Morgan fingerprint density at radius 2 is 2.14 bits per heavy atom. The quantitative estimate of drug-likeness (QED) is 0.768. The standard InChI is InChI=1S/C12H15BrFN3O3S/c1-17-6-8(2-3-11(17)18)16-21(19,20)10-5-7(15)4-9(13)12(10)14/h4-5,8,16H,2-3,6,15H2,1H3. The SMILES string of the molecule is CN1CC(NS(=O)(=O)c2cc(N)cc(Br)c2F)CCC1=O. The monoisotopic (exact) mass is 379 g/mol. The third-order valence-electron chi connectivity index (χ3n) is 3.26. The summed E-state index contributed by atoms with van der Waals surface area (Å²) in [6.45, 7) is 0.253. The second kappa shape index (κ2) is 5.90. The largest absolute Gasteiger partial charge is 0.399 e. The zero-order chi connectivity index (χ0) is 15.8. The number of nitrogens with two attached hydrogens (primary N) is 1. The number of carbonyl (C=O) groups excluding carboxylic acids is 1. The van der Waals surface area contributed by atoms with Crippen LogP contribution in [0.1, 0.15) is 12.8 Å². The molecular weight excluding hydrogens is 365 g/mol. The summed E-state index contributed by atoms with van der Waals surface area (Å²) >= 11 is 2.93. The van der Waals surface area contributed by atoms with Crippen molar-refractivity contribution in [3.05, 3.63) is 22.4 Å². The first kappa shape index (κ1) is 16.2. The molecule has 0 radical (unpaired) electrons. The lowest BCUT2D eigenvalue weighted by atomic mass is 10.1. The number of nitrogens with one attached hydrogen (secondary N) is 1. The van der Waals surface area contributed by atoms with Crippen LogP contribution in [0.25, 0.3) is 0 Å². The number of hydrogen-bond acceptors (Lipinski definition) is 4. The lowest BCUT2D eigenvalue weighted by molar-refractivity contribution is -0.132. The number of amides is 1. The van der Waals surface area contributed by atoms with Crippen LogP contribution in [0.5, 0.6) is 0 Å². The fourth-order valence-electron chi connectivity index (χ4n) is 2.17. The van der Waals surface area contributed by atoms with Gasteiger partial charge in [0.25, 0.3) is 0 Å². The molecule has 1 saturated heterocycles. The summed E-state index contributed by atoms with van der Waals surface area (Å²) in [5.74, 6) is -0.930. The molecule has 1 atom stereocenters. The number of anilines is 1. The van der Waals surface area contributed by atoms with Crippen molar-refractivity contribution in [1.29, 1.82) is 0 Å². The van der Waals surface area contributed by atoms with Crippen molar-refractivity contribution >= 4 is 37.5 Å². The van der Waals surface area contributed by atoms with E-state index in [1.807, 2.05) is 0 Å². The van der Waals surface area contributed by atoms with Crippen molar-refractivity contribution < 1.29 is 17.6 Å². The van der Waals surface area contributed by atoms with Crippen LogP contribution >= 0.6 is 15.9 Å². The zero-order valence-electron chi connectivity index (χ0n) is 11.3. The van der Waals surface area contributed by atoms with Gasteiger partial charge in [-0.3, -0.25) is 4.79 Å². The number of carbonyl (C=O) groups is 1. The normalized spacial score (nSPS) is 19.9. The average molecular weight is 380 g/mol. The van der Waals surface area contributed by atoms with Crippen LogP contribution in [0, 0.1) is 5.82 Å². The number of nitrogens with zero attached hydrogens (tertiary/aromatic N) is 1. The Labute approximate surface area is 130 Å². The van der Waals surface area contributed by atoms with Crippen LogP contribution in [-0.2, 0) is 14.8 Å². The number of benzene rings is 1. The summed E-state index contributed by atoms with van der Waals surface area (Å²) < 4.78 is 41.0. The summed E-state index contributed by atoms with van der Waals surface area (Å²) in [5.41, 5.74) is 5.70. The van der Waals surface area contributed by atoms with E-state index in [1.165, 1.54) is 11.0 Å². The first-order valence-corrected chi connectivity index (χ1v) is 8.49. The van der Waals surface area contributed by atoms with Crippen LogP contribution < -0.4 is 10.5 Å². The molecule has 1 amide bonds. The smallest absolute Gasteiger partial charge is 0.243 e. The number of sulfonamides is 1. The van der Waals surface area contributed by atoms with E-state index in [1.54, 1.807) is 7.05 Å². The van der Waals surface area contributed by atoms with Gasteiger partial charge in [-0.25, -0.2) is 17.5 Å². The van der Waals surface area contributed by atoms with E-state index >= 15 is 0 Å². The van der Waals surface area contributed by atoms with E-state index in [2.05, 4.69) is 20.7 Å². The maximum absolute atomic E-state index is 14.0. The summed E-state index contributed by atoms with van der Waals surface area (Å²) in [7, 11) is -2.45. The molecule has 1 unspecified atom stereocenters. The Balaban J connectivity index is 2.25. The molecule has 0 aliphatic carbocycles. The van der Waals surface area contributed by atoms with Gasteiger partial charge in [0.2, 0.25) is 15.9 Å². The van der Waals surface area contributed by atoms with Crippen LogP contribution in [0.15, 0.2) is 21.5 Å². The van der Waals surface area contributed by atoms with Gasteiger partial charge in [0.1, 0.15) is 4.90 Å². The molecule has 1 aliphatic rings. The molecule has 3 N–H and O–H groups in total. The van der Waals surface area contributed by atoms with Crippen LogP contribution in [0.3, 0.4) is 0 Å². The lowest BCUT2D eigenvalue weighted by Gasteiger charge is -2.30. The fraction of sp³-hybridized carbons (Fsp3) is 0.417. The zero-order valence-corrected chi connectivity index (χ0v) is 13.7. The van der Waals surface area contributed by atoms with Gasteiger partial charge in [0.05, 0.1) is 4.47 Å². The third-order valence-corrected chi connectivity index (χ3v) is 5.35. The molecule has 0 saturated carbocycles. The first-order chi connectivity index (χ1) is 9.70. The van der Waals surface area contributed by atoms with Crippen molar-refractivity contribution in [3.8, 4) is 0 Å². The Hall–Kier alpha value is -1.19. The minimum absolute atomic E-state index is 0.0150. The molecule has 1 aliphatic heterocycles. The Morgan fingerprint density at radius 3 is 2.76 bits per heavy atom. The number of nitrogen functional groups attached to an aromatic ring is 1. The molecule has 116 valence electrons. The molecule has 1 heterocycles. The van der Waals surface area contributed by atoms with E-state index in [0.29, 0.717) is 6.42 Å². The molecule has 1 aromatic rings. The second-order valence-electron chi connectivity index (χ2n) is 4.95. The van der Waals surface area contributed by atoms with E-state index in [9.17, 15) is 17.6 Å². The van der Waals surface area contributed by atoms with Crippen molar-refractivity contribution in [2.45, 2.75) is 23.8 Å². The van der Waals surface area contributed by atoms with Gasteiger partial charge < -0.3 is 10.6 Å². The highest BCUT2D eigenvalue weighted by molar-refractivity contribution is 9.10. The fourth-order valence-corrected chi connectivity index (χ4v) is 4.18. The maximum Gasteiger partial charge on any atom is 0.243 e. The van der Waals surface area contributed by atoms with Gasteiger partial charge in [-0.1, -0.05) is 0 Å². The number of rotatable bonds is 3. The van der Waals surface area contributed by atoms with Gasteiger partial charge >= 0.3 is 0 Å². The Kier molecular flexibility index (Phi) is 4.54. The molecule has 6 nitrogen and oxygen atoms in total. The minimum atomic E-state index is -4.05. The first-order valence-electron chi connectivity index (χ1n) is 6.21. The van der Waals surface area contributed by atoms with Crippen LogP contribution in [0.4, 0.5) is 10.1 Å². The summed E-state index contributed by atoms with van der Waals surface area (Å²) in [4.78, 5) is 12.3. The maximum atomic E-state index is 14.0. The second-order valence-corrected chi connectivity index (χ2v) is 7.48. The van der Waals surface area contributed by atoms with Gasteiger partial charge in [0.15, 0.2) is 5.82 Å². The number of likely N-dealkylation sites (tertiary alicyclic amines) is 1. The third kappa shape index (κ3) is 3.53. The molecule has 0 spiro atoms. The Morgan fingerprint density at radius 1 is 1.48 bits per heavy atom. The number of hydrogen-bond donors (Lipinski definition) is 2. The van der Waals surface area contributed by atoms with Crippen LogP contribution in [-0.4, -0.2) is 38.9 Å². The highest BCUT2D eigenvalue weighted by Crippen LogP contribution is 2.26. The predicted molar refractivity (Wildman–Crippen MR) is 79.5 cm³/mol. The van der Waals surface area contributed by atoms with E-state index in [-0.39, 0.29) is 29.0 Å². The highest BCUT2D eigenvalue weighted by Gasteiger charge is 2.29. The number of halogens is 2. The predicted octanol–water partition coefficient (Wildman–Crippen LogP) is 1.07. The summed E-state index contributed by atoms with van der Waals surface area (Å²) in [5, 5.41) is 0. The van der Waals surface area contributed by atoms with E-state index in [4.69, 9.17) is 5.73 Å². The molecule has 2 rings (SSSR count). The van der Waals surface area contributed by atoms with Crippen molar-refractivity contribution in [3.63, 3.8) is 0 Å². The number of piperidine rings is 1. The lowest BCUT2D eigenvalue weighted by Crippen LogP contribution is -2.48.